The molecule has 1 aliphatic rings. The molecule has 13 heavy (non-hydrogen) atoms. The van der Waals surface area contributed by atoms with Crippen LogP contribution in [0.2, 0.25) is 0 Å². The summed E-state index contributed by atoms with van der Waals surface area (Å²) in [6.07, 6.45) is 5.60. The Kier molecular flexibility index (Phi) is 4.16. The van der Waals surface area contributed by atoms with Crippen LogP contribution in [0, 0.1) is 0 Å². The van der Waals surface area contributed by atoms with Crippen molar-refractivity contribution in [2.45, 2.75) is 25.1 Å². The van der Waals surface area contributed by atoms with Crippen molar-refractivity contribution in [2.24, 2.45) is 0 Å². The molecule has 0 amide bonds. The lowest BCUT2D eigenvalue weighted by Gasteiger charge is -2.18. The zero-order chi connectivity index (χ0) is 9.68. The minimum Gasteiger partial charge on any atom is -0.497 e. The molecule has 0 heterocycles. The molecule has 0 saturated carbocycles. The highest BCUT2D eigenvalue weighted by molar-refractivity contribution is 6.22. The summed E-state index contributed by atoms with van der Waals surface area (Å²) in [6, 6.07) is 0. The van der Waals surface area contributed by atoms with Gasteiger partial charge < -0.3 is 9.47 Å². The fraction of sp³-hybridized carbons (Fsp3) is 0.600. The normalized spacial score (nSPS) is 21.9. The number of allylic oxidation sites excluding steroid dienone is 3. The molecule has 0 aromatic rings. The van der Waals surface area contributed by atoms with Crippen molar-refractivity contribution in [1.29, 1.82) is 0 Å². The van der Waals surface area contributed by atoms with Crippen LogP contribution in [-0.4, -0.2) is 19.1 Å². The molecule has 0 bridgehead atoms. The molecule has 1 rings (SSSR count). The average Bonchev–Trinajstić information content (AvgIpc) is 2.17. The maximum atomic E-state index is 6.05. The highest BCUT2D eigenvalue weighted by atomic mass is 35.5. The number of hydrogen-bond donors (Lipinski definition) is 0. The molecule has 0 spiro atoms. The summed E-state index contributed by atoms with van der Waals surface area (Å²) < 4.78 is 10.6. The fourth-order valence-corrected chi connectivity index (χ4v) is 1.33. The molecule has 1 aliphatic carbocycles. The van der Waals surface area contributed by atoms with E-state index in [0.717, 1.165) is 24.4 Å². The van der Waals surface area contributed by atoms with Gasteiger partial charge in [0.1, 0.15) is 11.5 Å². The van der Waals surface area contributed by atoms with Gasteiger partial charge in [0.25, 0.3) is 0 Å². The van der Waals surface area contributed by atoms with Gasteiger partial charge in [-0.05, 0) is 18.9 Å². The number of ether oxygens (including phenoxy) is 2. The average molecular weight is 203 g/mol. The van der Waals surface area contributed by atoms with E-state index in [-0.39, 0.29) is 5.38 Å². The molecule has 0 saturated heterocycles. The van der Waals surface area contributed by atoms with Crippen LogP contribution < -0.4 is 0 Å². The lowest BCUT2D eigenvalue weighted by molar-refractivity contribution is 0.197. The molecule has 0 aromatic heterocycles. The minimum atomic E-state index is -0.0366. The first kappa shape index (κ1) is 10.5. The largest absolute Gasteiger partial charge is 0.497 e. The Bertz CT molecular complexity index is 221. The summed E-state index contributed by atoms with van der Waals surface area (Å²) in [5.74, 6) is 1.66. The van der Waals surface area contributed by atoms with Crippen LogP contribution in [0.5, 0.6) is 0 Å². The van der Waals surface area contributed by atoms with E-state index in [1.54, 1.807) is 7.11 Å². The number of halogens is 1. The van der Waals surface area contributed by atoms with E-state index in [1.165, 1.54) is 0 Å². The van der Waals surface area contributed by atoms with E-state index in [0.29, 0.717) is 6.61 Å². The van der Waals surface area contributed by atoms with E-state index in [1.807, 2.05) is 12.2 Å². The molecule has 0 aliphatic heterocycles. The first-order valence-electron chi connectivity index (χ1n) is 4.50. The summed E-state index contributed by atoms with van der Waals surface area (Å²) in [5.41, 5.74) is 0. The Morgan fingerprint density at radius 3 is 3.00 bits per heavy atom. The molecule has 1 unspecified atom stereocenters. The third-order valence-corrected chi connectivity index (χ3v) is 2.22. The summed E-state index contributed by atoms with van der Waals surface area (Å²) in [6.45, 7) is 2.78. The summed E-state index contributed by atoms with van der Waals surface area (Å²) in [7, 11) is 1.65. The molecule has 3 heteroatoms. The number of hydrogen-bond acceptors (Lipinski definition) is 2. The number of alkyl halides is 1. The zero-order valence-electron chi connectivity index (χ0n) is 8.05. The van der Waals surface area contributed by atoms with Gasteiger partial charge in [0.2, 0.25) is 0 Å². The van der Waals surface area contributed by atoms with Gasteiger partial charge in [0, 0.05) is 6.08 Å². The lowest BCUT2D eigenvalue weighted by atomic mass is 10.1. The molecule has 74 valence electrons. The van der Waals surface area contributed by atoms with Gasteiger partial charge in [-0.3, -0.25) is 0 Å². The Hall–Kier alpha value is -0.630. The third-order valence-electron chi connectivity index (χ3n) is 1.83. The van der Waals surface area contributed by atoms with Crippen molar-refractivity contribution in [3.63, 3.8) is 0 Å². The maximum absolute atomic E-state index is 6.05. The van der Waals surface area contributed by atoms with Gasteiger partial charge in [0.15, 0.2) is 0 Å². The molecule has 0 aromatic carbocycles. The Balaban J connectivity index is 2.57. The van der Waals surface area contributed by atoms with Gasteiger partial charge in [0.05, 0.1) is 19.1 Å². The fourth-order valence-electron chi connectivity index (χ4n) is 1.12. The van der Waals surface area contributed by atoms with Gasteiger partial charge in [-0.2, -0.15) is 0 Å². The van der Waals surface area contributed by atoms with Crippen LogP contribution in [0.4, 0.5) is 0 Å². The van der Waals surface area contributed by atoms with Gasteiger partial charge in [-0.25, -0.2) is 0 Å². The maximum Gasteiger partial charge on any atom is 0.118 e. The second-order valence-electron chi connectivity index (χ2n) is 2.91. The van der Waals surface area contributed by atoms with Crippen molar-refractivity contribution >= 4 is 11.6 Å². The molecule has 0 fully saturated rings. The van der Waals surface area contributed by atoms with E-state index in [4.69, 9.17) is 21.1 Å². The molecular weight excluding hydrogens is 188 g/mol. The second-order valence-corrected chi connectivity index (χ2v) is 3.44. The molecule has 1 atom stereocenters. The Morgan fingerprint density at radius 2 is 2.38 bits per heavy atom. The first-order chi connectivity index (χ1) is 6.27. The quantitative estimate of drug-likeness (QED) is 0.653. The molecule has 0 radical (unpaired) electrons. The van der Waals surface area contributed by atoms with E-state index >= 15 is 0 Å². The lowest BCUT2D eigenvalue weighted by Crippen LogP contribution is -2.11. The van der Waals surface area contributed by atoms with E-state index in [9.17, 15) is 0 Å². The predicted octanol–water partition coefficient (Wildman–Crippen LogP) is 2.84. The van der Waals surface area contributed by atoms with Crippen LogP contribution in [0.25, 0.3) is 0 Å². The van der Waals surface area contributed by atoms with Crippen molar-refractivity contribution in [1.82, 2.24) is 0 Å². The first-order valence-corrected chi connectivity index (χ1v) is 4.94. The predicted molar refractivity (Wildman–Crippen MR) is 53.7 cm³/mol. The zero-order valence-corrected chi connectivity index (χ0v) is 8.80. The third kappa shape index (κ3) is 2.96. The highest BCUT2D eigenvalue weighted by Crippen LogP contribution is 2.23. The van der Waals surface area contributed by atoms with Crippen molar-refractivity contribution in [3.8, 4) is 0 Å². The second kappa shape index (κ2) is 5.18. The molecule has 0 N–H and O–H groups in total. The van der Waals surface area contributed by atoms with Crippen LogP contribution in [-0.2, 0) is 9.47 Å². The van der Waals surface area contributed by atoms with Gasteiger partial charge in [-0.15, -0.1) is 11.6 Å². The molecular formula is C10H15ClO2. The van der Waals surface area contributed by atoms with E-state index < -0.39 is 0 Å². The monoisotopic (exact) mass is 202 g/mol. The van der Waals surface area contributed by atoms with Crippen molar-refractivity contribution in [3.05, 3.63) is 23.7 Å². The van der Waals surface area contributed by atoms with Crippen LogP contribution >= 0.6 is 11.6 Å². The highest BCUT2D eigenvalue weighted by Gasteiger charge is 2.16. The van der Waals surface area contributed by atoms with Gasteiger partial charge >= 0.3 is 0 Å². The smallest absolute Gasteiger partial charge is 0.118 e. The summed E-state index contributed by atoms with van der Waals surface area (Å²) in [5, 5.41) is -0.0366. The van der Waals surface area contributed by atoms with Crippen molar-refractivity contribution < 1.29 is 9.47 Å². The minimum absolute atomic E-state index is 0.0366. The van der Waals surface area contributed by atoms with Crippen LogP contribution in [0.3, 0.4) is 0 Å². The van der Waals surface area contributed by atoms with Crippen LogP contribution in [0.15, 0.2) is 23.7 Å². The Labute approximate surface area is 84.2 Å². The number of rotatable bonds is 4. The number of methoxy groups -OCH3 is 1. The van der Waals surface area contributed by atoms with Crippen LogP contribution in [0.1, 0.15) is 19.8 Å². The van der Waals surface area contributed by atoms with Crippen molar-refractivity contribution in [2.75, 3.05) is 13.7 Å². The standard InChI is InChI=1S/C10H15ClO2/c1-3-6-13-10-7-8(12-2)4-5-9(10)11/h4,7,9H,3,5-6H2,1-2H3. The Morgan fingerprint density at radius 1 is 1.62 bits per heavy atom. The summed E-state index contributed by atoms with van der Waals surface area (Å²) in [4.78, 5) is 0. The topological polar surface area (TPSA) is 18.5 Å². The van der Waals surface area contributed by atoms with E-state index in [2.05, 4.69) is 6.92 Å². The molecule has 2 nitrogen and oxygen atoms in total. The van der Waals surface area contributed by atoms with Gasteiger partial charge in [-0.1, -0.05) is 6.92 Å². The SMILES string of the molecule is CCCOC1=CC(OC)=CCC1Cl. The summed E-state index contributed by atoms with van der Waals surface area (Å²) >= 11 is 6.05.